The summed E-state index contributed by atoms with van der Waals surface area (Å²) >= 11 is 1.79. The van der Waals surface area contributed by atoms with Crippen molar-refractivity contribution in [1.29, 1.82) is 0 Å². The summed E-state index contributed by atoms with van der Waals surface area (Å²) < 4.78 is 27.2. The Balaban J connectivity index is 2.22. The van der Waals surface area contributed by atoms with Crippen LogP contribution >= 0.6 is 11.8 Å². The minimum atomic E-state index is -3.38. The summed E-state index contributed by atoms with van der Waals surface area (Å²) in [5.74, 6) is 1.87. The predicted octanol–water partition coefficient (Wildman–Crippen LogP) is 2.17. The lowest BCUT2D eigenvalue weighted by Gasteiger charge is -2.24. The molecule has 0 amide bonds. The summed E-state index contributed by atoms with van der Waals surface area (Å²) in [6.45, 7) is 3.91. The molecule has 1 fully saturated rings. The van der Waals surface area contributed by atoms with Crippen LogP contribution < -0.4 is 4.72 Å². The van der Waals surface area contributed by atoms with E-state index in [1.165, 1.54) is 0 Å². The van der Waals surface area contributed by atoms with Crippen LogP contribution in [0, 0.1) is 6.92 Å². The highest BCUT2D eigenvalue weighted by Gasteiger charge is 2.33. The number of nitrogens with one attached hydrogen (secondary N) is 1. The topological polar surface area (TPSA) is 46.2 Å². The Bertz CT molecular complexity index is 488. The minimum absolute atomic E-state index is 0.297. The highest BCUT2D eigenvalue weighted by atomic mass is 32.2. The van der Waals surface area contributed by atoms with Crippen molar-refractivity contribution in [3.8, 4) is 0 Å². The Morgan fingerprint density at radius 2 is 1.94 bits per heavy atom. The van der Waals surface area contributed by atoms with Gasteiger partial charge in [-0.25, -0.2) is 13.1 Å². The second-order valence-electron chi connectivity index (χ2n) is 4.78. The molecule has 0 aromatic heterocycles. The van der Waals surface area contributed by atoms with Crippen LogP contribution in [-0.4, -0.2) is 25.5 Å². The number of aryl methyl sites for hydroxylation is 1. The normalized spacial score (nSPS) is 25.1. The molecule has 1 saturated heterocycles. The van der Waals surface area contributed by atoms with E-state index in [2.05, 4.69) is 4.72 Å². The molecule has 0 unspecified atom stereocenters. The van der Waals surface area contributed by atoms with Crippen LogP contribution in [0.1, 0.15) is 18.9 Å². The van der Waals surface area contributed by atoms with E-state index in [-0.39, 0.29) is 5.54 Å². The smallest absolute Gasteiger partial charge is 0.207 e. The Labute approximate surface area is 107 Å². The van der Waals surface area contributed by atoms with Gasteiger partial charge in [0.1, 0.15) is 0 Å². The van der Waals surface area contributed by atoms with Crippen molar-refractivity contribution in [2.75, 3.05) is 11.5 Å². The van der Waals surface area contributed by atoms with Crippen LogP contribution in [0.15, 0.2) is 29.2 Å². The molecule has 0 bridgehead atoms. The van der Waals surface area contributed by atoms with Gasteiger partial charge in [0, 0.05) is 11.3 Å². The first-order chi connectivity index (χ1) is 7.91. The molecule has 1 aliphatic heterocycles. The van der Waals surface area contributed by atoms with Crippen LogP contribution in [0.5, 0.6) is 0 Å². The fourth-order valence-electron chi connectivity index (χ4n) is 1.85. The number of hydrogen-bond acceptors (Lipinski definition) is 3. The summed E-state index contributed by atoms with van der Waals surface area (Å²) in [6.07, 6.45) is 0.892. The zero-order chi connectivity index (χ0) is 12.5. The van der Waals surface area contributed by atoms with Crippen molar-refractivity contribution < 1.29 is 8.42 Å². The molecule has 1 heterocycles. The van der Waals surface area contributed by atoms with Crippen LogP contribution in [0.4, 0.5) is 0 Å². The van der Waals surface area contributed by atoms with Crippen molar-refractivity contribution in [2.45, 2.75) is 30.7 Å². The van der Waals surface area contributed by atoms with E-state index in [1.54, 1.807) is 23.9 Å². The third kappa shape index (κ3) is 3.03. The quantitative estimate of drug-likeness (QED) is 0.916. The predicted molar refractivity (Wildman–Crippen MR) is 71.8 cm³/mol. The maximum absolute atomic E-state index is 12.2. The Kier molecular flexibility index (Phi) is 3.52. The number of thioether (sulfide) groups is 1. The van der Waals surface area contributed by atoms with Gasteiger partial charge in [-0.05, 0) is 38.2 Å². The van der Waals surface area contributed by atoms with Crippen molar-refractivity contribution >= 4 is 21.8 Å². The third-order valence-corrected chi connectivity index (χ3v) is 5.92. The molecule has 5 heteroatoms. The highest BCUT2D eigenvalue weighted by molar-refractivity contribution is 7.99. The number of sulfonamides is 1. The largest absolute Gasteiger partial charge is 0.241 e. The summed E-state index contributed by atoms with van der Waals surface area (Å²) in [4.78, 5) is 0.348. The van der Waals surface area contributed by atoms with E-state index in [0.717, 1.165) is 23.5 Å². The van der Waals surface area contributed by atoms with E-state index in [9.17, 15) is 8.42 Å². The molecule has 0 spiro atoms. The first-order valence-electron chi connectivity index (χ1n) is 5.60. The molecule has 1 N–H and O–H groups in total. The minimum Gasteiger partial charge on any atom is -0.207 e. The molecular weight excluding hydrogens is 254 g/mol. The van der Waals surface area contributed by atoms with Gasteiger partial charge in [0.05, 0.1) is 4.90 Å². The highest BCUT2D eigenvalue weighted by Crippen LogP contribution is 2.29. The molecule has 0 radical (unpaired) electrons. The van der Waals surface area contributed by atoms with Gasteiger partial charge < -0.3 is 0 Å². The van der Waals surface area contributed by atoms with Crippen molar-refractivity contribution in [1.82, 2.24) is 4.72 Å². The fraction of sp³-hybridized carbons (Fsp3) is 0.500. The van der Waals surface area contributed by atoms with E-state index in [4.69, 9.17) is 0 Å². The Hall–Kier alpha value is -0.520. The lowest BCUT2D eigenvalue weighted by Crippen LogP contribution is -2.45. The Morgan fingerprint density at radius 1 is 1.29 bits per heavy atom. The molecule has 1 aromatic carbocycles. The van der Waals surface area contributed by atoms with Gasteiger partial charge in [-0.15, -0.1) is 0 Å². The molecule has 1 aliphatic rings. The van der Waals surface area contributed by atoms with Gasteiger partial charge in [0.15, 0.2) is 0 Å². The molecule has 1 aromatic rings. The van der Waals surface area contributed by atoms with Crippen LogP contribution in [0.25, 0.3) is 0 Å². The van der Waals surface area contributed by atoms with Gasteiger partial charge in [-0.3, -0.25) is 0 Å². The SMILES string of the molecule is Cc1ccc(S(=O)(=O)N[C@]2(C)CCSC2)cc1. The van der Waals surface area contributed by atoms with Crippen LogP contribution in [0.3, 0.4) is 0 Å². The van der Waals surface area contributed by atoms with Gasteiger partial charge >= 0.3 is 0 Å². The summed E-state index contributed by atoms with van der Waals surface area (Å²) in [5, 5.41) is 0. The average molecular weight is 271 g/mol. The van der Waals surface area contributed by atoms with Crippen LogP contribution in [-0.2, 0) is 10.0 Å². The number of rotatable bonds is 3. The molecule has 2 rings (SSSR count). The van der Waals surface area contributed by atoms with Crippen molar-refractivity contribution in [2.24, 2.45) is 0 Å². The maximum atomic E-state index is 12.2. The summed E-state index contributed by atoms with van der Waals surface area (Å²) in [7, 11) is -3.38. The zero-order valence-corrected chi connectivity index (χ0v) is 11.7. The Morgan fingerprint density at radius 3 is 2.47 bits per heavy atom. The monoisotopic (exact) mass is 271 g/mol. The molecule has 0 saturated carbocycles. The molecule has 0 aliphatic carbocycles. The van der Waals surface area contributed by atoms with Crippen molar-refractivity contribution in [3.63, 3.8) is 0 Å². The first kappa shape index (κ1) is 12.9. The van der Waals surface area contributed by atoms with Crippen molar-refractivity contribution in [3.05, 3.63) is 29.8 Å². The first-order valence-corrected chi connectivity index (χ1v) is 8.24. The van der Waals surface area contributed by atoms with Crippen LogP contribution in [0.2, 0.25) is 0 Å². The fourth-order valence-corrected chi connectivity index (χ4v) is 4.78. The van der Waals surface area contributed by atoms with Gasteiger partial charge in [-0.2, -0.15) is 11.8 Å². The lowest BCUT2D eigenvalue weighted by atomic mass is 10.0. The molecule has 3 nitrogen and oxygen atoms in total. The van der Waals surface area contributed by atoms with E-state index in [1.807, 2.05) is 26.0 Å². The number of hydrogen-bond donors (Lipinski definition) is 1. The second-order valence-corrected chi connectivity index (χ2v) is 7.57. The molecular formula is C12H17NO2S2. The van der Waals surface area contributed by atoms with Gasteiger partial charge in [-0.1, -0.05) is 17.7 Å². The molecule has 17 heavy (non-hydrogen) atoms. The summed E-state index contributed by atoms with van der Waals surface area (Å²) in [5.41, 5.74) is 0.764. The average Bonchev–Trinajstić information content (AvgIpc) is 2.64. The van der Waals surface area contributed by atoms with Gasteiger partial charge in [0.2, 0.25) is 10.0 Å². The third-order valence-electron chi connectivity index (χ3n) is 2.93. The van der Waals surface area contributed by atoms with Gasteiger partial charge in [0.25, 0.3) is 0 Å². The zero-order valence-electron chi connectivity index (χ0n) is 10.1. The molecule has 1 atom stereocenters. The van der Waals surface area contributed by atoms with E-state index in [0.29, 0.717) is 4.90 Å². The standard InChI is InChI=1S/C12H17NO2S2/c1-10-3-5-11(6-4-10)17(14,15)13-12(2)7-8-16-9-12/h3-6,13H,7-9H2,1-2H3/t12-/m1/s1. The summed E-state index contributed by atoms with van der Waals surface area (Å²) in [6, 6.07) is 6.95. The number of benzene rings is 1. The maximum Gasteiger partial charge on any atom is 0.241 e. The second kappa shape index (κ2) is 4.63. The lowest BCUT2D eigenvalue weighted by molar-refractivity contribution is 0.463. The van der Waals surface area contributed by atoms with E-state index < -0.39 is 10.0 Å². The molecule has 94 valence electrons. The van der Waals surface area contributed by atoms with E-state index >= 15 is 0 Å².